The second-order valence-electron chi connectivity index (χ2n) is 2.91. The van der Waals surface area contributed by atoms with Crippen LogP contribution >= 0.6 is 0 Å². The molecule has 2 aromatic rings. The number of hydrogen-bond donors (Lipinski definition) is 0. The smallest absolute Gasteiger partial charge is 0.251 e. The normalized spacial score (nSPS) is 11.9. The highest BCUT2D eigenvalue weighted by Gasteiger charge is 2.32. The lowest BCUT2D eigenvalue weighted by molar-refractivity contribution is -0.141. The number of hydrogen-bond acceptors (Lipinski definition) is 1. The molecule has 0 aliphatic carbocycles. The van der Waals surface area contributed by atoms with E-state index in [4.69, 9.17) is 0 Å². The third-order valence-corrected chi connectivity index (χ3v) is 1.92. The van der Waals surface area contributed by atoms with E-state index in [1.165, 1.54) is 6.20 Å². The van der Waals surface area contributed by atoms with Crippen molar-refractivity contribution in [3.8, 4) is 0 Å². The molecule has 0 spiro atoms. The first-order chi connectivity index (χ1) is 6.57. The highest BCUT2D eigenvalue weighted by atomic mass is 19.4. The molecule has 0 amide bonds. The molecule has 0 radical (unpaired) electrons. The van der Waals surface area contributed by atoms with Crippen LogP contribution in [0.3, 0.4) is 0 Å². The molecule has 14 heavy (non-hydrogen) atoms. The summed E-state index contributed by atoms with van der Waals surface area (Å²) in [5.41, 5.74) is -0.851. The second-order valence-corrected chi connectivity index (χ2v) is 2.91. The SMILES string of the molecule is FC(F)(F)c1cc2ccccc2cn1. The van der Waals surface area contributed by atoms with Gasteiger partial charge in [0.15, 0.2) is 0 Å². The molecule has 0 aliphatic rings. The van der Waals surface area contributed by atoms with Gasteiger partial charge in [0.05, 0.1) is 0 Å². The van der Waals surface area contributed by atoms with Crippen LogP contribution in [0.5, 0.6) is 0 Å². The van der Waals surface area contributed by atoms with E-state index in [9.17, 15) is 13.2 Å². The van der Waals surface area contributed by atoms with E-state index < -0.39 is 11.9 Å². The minimum absolute atomic E-state index is 0.551. The first kappa shape index (κ1) is 8.99. The van der Waals surface area contributed by atoms with Crippen molar-refractivity contribution in [3.63, 3.8) is 0 Å². The number of rotatable bonds is 0. The van der Waals surface area contributed by atoms with Gasteiger partial charge in [-0.2, -0.15) is 13.2 Å². The van der Waals surface area contributed by atoms with Crippen LogP contribution in [0.15, 0.2) is 36.5 Å². The topological polar surface area (TPSA) is 12.9 Å². The zero-order valence-electron chi connectivity index (χ0n) is 7.05. The number of pyridine rings is 1. The fourth-order valence-electron chi connectivity index (χ4n) is 1.24. The molecular weight excluding hydrogens is 191 g/mol. The van der Waals surface area contributed by atoms with Gasteiger partial charge in [0.25, 0.3) is 0 Å². The zero-order chi connectivity index (χ0) is 10.2. The van der Waals surface area contributed by atoms with Crippen molar-refractivity contribution in [3.05, 3.63) is 42.2 Å². The minimum Gasteiger partial charge on any atom is -0.251 e. The van der Waals surface area contributed by atoms with E-state index in [1.807, 2.05) is 0 Å². The Morgan fingerprint density at radius 3 is 2.29 bits per heavy atom. The summed E-state index contributed by atoms with van der Waals surface area (Å²) in [6, 6.07) is 7.86. The van der Waals surface area contributed by atoms with Crippen LogP contribution in [0.2, 0.25) is 0 Å². The van der Waals surface area contributed by atoms with Crippen molar-refractivity contribution < 1.29 is 13.2 Å². The van der Waals surface area contributed by atoms with E-state index in [1.54, 1.807) is 24.3 Å². The monoisotopic (exact) mass is 197 g/mol. The number of aromatic nitrogens is 1. The molecule has 2 rings (SSSR count). The van der Waals surface area contributed by atoms with Gasteiger partial charge in [-0.3, -0.25) is 4.98 Å². The van der Waals surface area contributed by atoms with Crippen molar-refractivity contribution in [1.82, 2.24) is 4.98 Å². The molecule has 1 aromatic heterocycles. The highest BCUT2D eigenvalue weighted by Crippen LogP contribution is 2.29. The summed E-state index contributed by atoms with van der Waals surface area (Å²) >= 11 is 0. The maximum absolute atomic E-state index is 12.3. The first-order valence-corrected chi connectivity index (χ1v) is 3.99. The lowest BCUT2D eigenvalue weighted by atomic mass is 10.1. The Labute approximate surface area is 78.2 Å². The molecule has 1 nitrogen and oxygen atoms in total. The Hall–Kier alpha value is -1.58. The van der Waals surface area contributed by atoms with Crippen molar-refractivity contribution in [2.24, 2.45) is 0 Å². The maximum Gasteiger partial charge on any atom is 0.433 e. The molecule has 0 bridgehead atoms. The number of benzene rings is 1. The van der Waals surface area contributed by atoms with Crippen LogP contribution in [0.1, 0.15) is 5.69 Å². The molecule has 1 heterocycles. The Bertz CT molecular complexity index is 462. The first-order valence-electron chi connectivity index (χ1n) is 3.99. The van der Waals surface area contributed by atoms with E-state index in [-0.39, 0.29) is 0 Å². The van der Waals surface area contributed by atoms with Gasteiger partial charge in [0.1, 0.15) is 5.69 Å². The molecular formula is C10H6F3N. The van der Waals surface area contributed by atoms with Gasteiger partial charge in [0, 0.05) is 11.6 Å². The third kappa shape index (κ3) is 1.55. The Balaban J connectivity index is 2.63. The lowest BCUT2D eigenvalue weighted by Gasteiger charge is -2.05. The van der Waals surface area contributed by atoms with Gasteiger partial charge in [-0.1, -0.05) is 24.3 Å². The third-order valence-electron chi connectivity index (χ3n) is 1.92. The minimum atomic E-state index is -4.37. The van der Waals surface area contributed by atoms with Crippen molar-refractivity contribution in [2.45, 2.75) is 6.18 Å². The average Bonchev–Trinajstić information content (AvgIpc) is 2.16. The van der Waals surface area contributed by atoms with Crippen molar-refractivity contribution >= 4 is 10.8 Å². The molecule has 0 atom stereocenters. The predicted molar refractivity (Wildman–Crippen MR) is 46.7 cm³/mol. The summed E-state index contributed by atoms with van der Waals surface area (Å²) in [5.74, 6) is 0. The predicted octanol–water partition coefficient (Wildman–Crippen LogP) is 3.25. The molecule has 0 saturated heterocycles. The van der Waals surface area contributed by atoms with E-state index >= 15 is 0 Å². The van der Waals surface area contributed by atoms with Crippen LogP contribution < -0.4 is 0 Å². The number of halogens is 3. The van der Waals surface area contributed by atoms with Crippen LogP contribution in [-0.4, -0.2) is 4.98 Å². The van der Waals surface area contributed by atoms with E-state index in [0.29, 0.717) is 10.8 Å². The number of fused-ring (bicyclic) bond motifs is 1. The molecule has 72 valence electrons. The molecule has 0 aliphatic heterocycles. The largest absolute Gasteiger partial charge is 0.433 e. The van der Waals surface area contributed by atoms with Crippen LogP contribution in [-0.2, 0) is 6.18 Å². The quantitative estimate of drug-likeness (QED) is 0.631. The van der Waals surface area contributed by atoms with Gasteiger partial charge >= 0.3 is 6.18 Å². The van der Waals surface area contributed by atoms with Crippen LogP contribution in [0, 0.1) is 0 Å². The second kappa shape index (κ2) is 2.97. The fraction of sp³-hybridized carbons (Fsp3) is 0.100. The highest BCUT2D eigenvalue weighted by molar-refractivity contribution is 5.81. The van der Waals surface area contributed by atoms with Crippen LogP contribution in [0.25, 0.3) is 10.8 Å². The zero-order valence-corrected chi connectivity index (χ0v) is 7.05. The number of alkyl halides is 3. The van der Waals surface area contributed by atoms with Gasteiger partial charge in [-0.15, -0.1) is 0 Å². The average molecular weight is 197 g/mol. The summed E-state index contributed by atoms with van der Waals surface area (Å²) in [6.07, 6.45) is -3.14. The molecule has 4 heteroatoms. The lowest BCUT2D eigenvalue weighted by Crippen LogP contribution is -2.07. The molecule has 0 unspecified atom stereocenters. The summed E-state index contributed by atoms with van der Waals surface area (Å²) in [5, 5.41) is 1.26. The van der Waals surface area contributed by atoms with Gasteiger partial charge in [0.2, 0.25) is 0 Å². The summed E-state index contributed by atoms with van der Waals surface area (Å²) in [7, 11) is 0. The standard InChI is InChI=1S/C10H6F3N/c11-10(12,13)9-5-7-3-1-2-4-8(7)6-14-9/h1-6H. The van der Waals surface area contributed by atoms with Gasteiger partial charge < -0.3 is 0 Å². The Kier molecular flexibility index (Phi) is 1.91. The Morgan fingerprint density at radius 2 is 1.64 bits per heavy atom. The summed E-state index contributed by atoms with van der Waals surface area (Å²) in [4.78, 5) is 3.35. The van der Waals surface area contributed by atoms with Crippen molar-refractivity contribution in [2.75, 3.05) is 0 Å². The summed E-state index contributed by atoms with van der Waals surface area (Å²) < 4.78 is 36.8. The van der Waals surface area contributed by atoms with Gasteiger partial charge in [-0.25, -0.2) is 0 Å². The molecule has 0 N–H and O–H groups in total. The van der Waals surface area contributed by atoms with Crippen LogP contribution in [0.4, 0.5) is 13.2 Å². The fourth-order valence-corrected chi connectivity index (χ4v) is 1.24. The molecule has 0 saturated carbocycles. The maximum atomic E-state index is 12.3. The van der Waals surface area contributed by atoms with E-state index in [2.05, 4.69) is 4.98 Å². The summed E-state index contributed by atoms with van der Waals surface area (Å²) in [6.45, 7) is 0. The number of nitrogens with zero attached hydrogens (tertiary/aromatic N) is 1. The molecule has 1 aromatic carbocycles. The Morgan fingerprint density at radius 1 is 1.00 bits per heavy atom. The van der Waals surface area contributed by atoms with Gasteiger partial charge in [-0.05, 0) is 11.5 Å². The van der Waals surface area contributed by atoms with E-state index in [0.717, 1.165) is 6.07 Å². The molecule has 0 fully saturated rings. The van der Waals surface area contributed by atoms with Crippen molar-refractivity contribution in [1.29, 1.82) is 0 Å².